The fourth-order valence-corrected chi connectivity index (χ4v) is 5.21. The van der Waals surface area contributed by atoms with Gasteiger partial charge in [-0.25, -0.2) is 9.78 Å². The van der Waals surface area contributed by atoms with E-state index in [4.69, 9.17) is 4.74 Å². The van der Waals surface area contributed by atoms with Gasteiger partial charge in [0, 0.05) is 60.7 Å². The van der Waals surface area contributed by atoms with Crippen LogP contribution in [0.15, 0.2) is 36.8 Å². The molecule has 10 nitrogen and oxygen atoms in total. The highest BCUT2D eigenvalue weighted by Crippen LogP contribution is 2.48. The SMILES string of the molecule is COc1ccc2c3c([nH]c2c1)[C@@H](CO)N(C(=O)NC(C)C)CC31CN(C(=O)c2cnccn2)C1. The van der Waals surface area contributed by atoms with Gasteiger partial charge in [0.1, 0.15) is 11.4 Å². The molecule has 3 amide bonds. The van der Waals surface area contributed by atoms with Crippen LogP contribution in [0, 0.1) is 0 Å². The van der Waals surface area contributed by atoms with Gasteiger partial charge in [0.05, 0.1) is 31.4 Å². The molecule has 3 N–H and O–H groups in total. The predicted molar refractivity (Wildman–Crippen MR) is 125 cm³/mol. The quantitative estimate of drug-likeness (QED) is 0.541. The highest BCUT2D eigenvalue weighted by molar-refractivity contribution is 5.94. The standard InChI is InChI=1S/C24H28N6O4/c1-14(2)27-23(33)30-13-24(11-29(12-24)22(32)18-9-25-6-7-26-18)20-16-5-4-15(34-3)8-17(16)28-21(20)19(30)10-31/h4-9,14,19,28,31H,10-13H2,1-3H3,(H,27,33)/t19-/m1/s1. The molecule has 1 saturated heterocycles. The van der Waals surface area contributed by atoms with Crippen LogP contribution in [0.1, 0.15) is 41.6 Å². The highest BCUT2D eigenvalue weighted by atomic mass is 16.5. The smallest absolute Gasteiger partial charge is 0.318 e. The number of urea groups is 1. The van der Waals surface area contributed by atoms with E-state index in [0.717, 1.165) is 22.2 Å². The van der Waals surface area contributed by atoms with Crippen molar-refractivity contribution in [2.75, 3.05) is 33.4 Å². The lowest BCUT2D eigenvalue weighted by molar-refractivity contribution is 0.0115. The van der Waals surface area contributed by atoms with E-state index in [1.807, 2.05) is 32.0 Å². The molecular formula is C24H28N6O4. The third-order valence-electron chi connectivity index (χ3n) is 6.65. The Kier molecular flexibility index (Phi) is 5.40. The minimum atomic E-state index is -0.525. The van der Waals surface area contributed by atoms with Crippen LogP contribution in [-0.4, -0.2) is 81.2 Å². The van der Waals surface area contributed by atoms with Crippen LogP contribution in [0.4, 0.5) is 4.79 Å². The fraction of sp³-hybridized carbons (Fsp3) is 0.417. The topological polar surface area (TPSA) is 124 Å². The van der Waals surface area contributed by atoms with Crippen molar-refractivity contribution in [2.24, 2.45) is 0 Å². The molecule has 0 bridgehead atoms. The molecule has 178 valence electrons. The summed E-state index contributed by atoms with van der Waals surface area (Å²) in [5.74, 6) is 0.521. The number of hydrogen-bond acceptors (Lipinski definition) is 6. The van der Waals surface area contributed by atoms with Gasteiger partial charge >= 0.3 is 6.03 Å². The van der Waals surface area contributed by atoms with E-state index in [2.05, 4.69) is 20.3 Å². The number of aromatic nitrogens is 3. The normalized spacial score (nSPS) is 18.7. The van der Waals surface area contributed by atoms with Crippen LogP contribution in [-0.2, 0) is 5.41 Å². The lowest BCUT2D eigenvalue weighted by Crippen LogP contribution is -2.68. The molecule has 2 aromatic heterocycles. The average Bonchev–Trinajstić information content (AvgIpc) is 3.20. The number of aromatic amines is 1. The number of fused-ring (bicyclic) bond motifs is 4. The average molecular weight is 465 g/mol. The highest BCUT2D eigenvalue weighted by Gasteiger charge is 2.55. The number of hydrogen-bond donors (Lipinski definition) is 3. The lowest BCUT2D eigenvalue weighted by atomic mass is 9.68. The van der Waals surface area contributed by atoms with Crippen molar-refractivity contribution in [1.82, 2.24) is 30.1 Å². The van der Waals surface area contributed by atoms with Crippen molar-refractivity contribution in [3.8, 4) is 5.75 Å². The summed E-state index contributed by atoms with van der Waals surface area (Å²) < 4.78 is 5.39. The third-order valence-corrected chi connectivity index (χ3v) is 6.65. The van der Waals surface area contributed by atoms with Crippen molar-refractivity contribution in [3.63, 3.8) is 0 Å². The molecule has 4 heterocycles. The summed E-state index contributed by atoms with van der Waals surface area (Å²) in [4.78, 5) is 41.1. The van der Waals surface area contributed by atoms with Crippen molar-refractivity contribution >= 4 is 22.8 Å². The van der Waals surface area contributed by atoms with Gasteiger partial charge in [-0.05, 0) is 31.5 Å². The molecule has 0 unspecified atom stereocenters. The van der Waals surface area contributed by atoms with Crippen molar-refractivity contribution < 1.29 is 19.4 Å². The molecule has 5 rings (SSSR count). The van der Waals surface area contributed by atoms with Gasteiger partial charge in [-0.2, -0.15) is 0 Å². The number of nitrogens with zero attached hydrogens (tertiary/aromatic N) is 4. The Morgan fingerprint density at radius 2 is 2.09 bits per heavy atom. The summed E-state index contributed by atoms with van der Waals surface area (Å²) in [6.45, 7) is 4.82. The first-order valence-corrected chi connectivity index (χ1v) is 11.3. The molecule has 2 aliphatic heterocycles. The molecule has 1 fully saturated rings. The Bertz CT molecular complexity index is 1230. The second-order valence-electron chi connectivity index (χ2n) is 9.29. The molecule has 1 atom stereocenters. The van der Waals surface area contributed by atoms with Crippen LogP contribution >= 0.6 is 0 Å². The number of methoxy groups -OCH3 is 1. The summed E-state index contributed by atoms with van der Waals surface area (Å²) in [5.41, 5.74) is 2.52. The maximum absolute atomic E-state index is 13.1. The number of amides is 3. The second kappa shape index (κ2) is 8.28. The van der Waals surface area contributed by atoms with Gasteiger partial charge in [0.25, 0.3) is 5.91 Å². The van der Waals surface area contributed by atoms with E-state index in [1.54, 1.807) is 16.9 Å². The fourth-order valence-electron chi connectivity index (χ4n) is 5.21. The number of ether oxygens (including phenoxy) is 1. The zero-order valence-corrected chi connectivity index (χ0v) is 19.4. The number of aliphatic hydroxyl groups is 1. The van der Waals surface area contributed by atoms with Gasteiger partial charge in [-0.15, -0.1) is 0 Å². The number of benzene rings is 1. The number of carbonyl (C=O) groups excluding carboxylic acids is 2. The maximum atomic E-state index is 13.1. The molecule has 0 aliphatic carbocycles. The molecule has 0 saturated carbocycles. The molecule has 1 aromatic carbocycles. The molecule has 1 spiro atoms. The Labute approximate surface area is 196 Å². The Morgan fingerprint density at radius 3 is 2.74 bits per heavy atom. The first kappa shape index (κ1) is 22.1. The van der Waals surface area contributed by atoms with Crippen molar-refractivity contribution in [1.29, 1.82) is 0 Å². The number of rotatable bonds is 4. The van der Waals surface area contributed by atoms with Gasteiger partial charge in [-0.3, -0.25) is 9.78 Å². The summed E-state index contributed by atoms with van der Waals surface area (Å²) in [6.07, 6.45) is 4.49. The molecule has 3 aromatic rings. The molecule has 2 aliphatic rings. The Hall–Kier alpha value is -3.66. The van der Waals surface area contributed by atoms with E-state index >= 15 is 0 Å². The number of carbonyl (C=O) groups is 2. The first-order valence-electron chi connectivity index (χ1n) is 11.3. The van der Waals surface area contributed by atoms with Gasteiger partial charge < -0.3 is 29.9 Å². The molecule has 34 heavy (non-hydrogen) atoms. The molecular weight excluding hydrogens is 436 g/mol. The zero-order valence-electron chi connectivity index (χ0n) is 19.4. The van der Waals surface area contributed by atoms with E-state index < -0.39 is 11.5 Å². The summed E-state index contributed by atoms with van der Waals surface area (Å²) >= 11 is 0. The number of aliphatic hydroxyl groups excluding tert-OH is 1. The minimum absolute atomic E-state index is 0.0488. The molecule has 0 radical (unpaired) electrons. The predicted octanol–water partition coefficient (Wildman–Crippen LogP) is 1.83. The summed E-state index contributed by atoms with van der Waals surface area (Å²) in [6, 6.07) is 4.99. The zero-order chi connectivity index (χ0) is 24.0. The van der Waals surface area contributed by atoms with Crippen LogP contribution in [0.2, 0.25) is 0 Å². The number of nitrogens with one attached hydrogen (secondary N) is 2. The molecule has 10 heteroatoms. The van der Waals surface area contributed by atoms with Crippen molar-refractivity contribution in [3.05, 3.63) is 53.7 Å². The number of likely N-dealkylation sites (tertiary alicyclic amines) is 1. The Balaban J connectivity index is 1.57. The summed E-state index contributed by atoms with van der Waals surface area (Å²) in [5, 5.41) is 14.3. The van der Waals surface area contributed by atoms with Gasteiger partial charge in [0.15, 0.2) is 0 Å². The van der Waals surface area contributed by atoms with Crippen molar-refractivity contribution in [2.45, 2.75) is 31.3 Å². The van der Waals surface area contributed by atoms with Gasteiger partial charge in [0.2, 0.25) is 0 Å². The van der Waals surface area contributed by atoms with E-state index in [-0.39, 0.29) is 24.6 Å². The third kappa shape index (κ3) is 3.45. The van der Waals surface area contributed by atoms with E-state index in [0.29, 0.717) is 31.1 Å². The van der Waals surface area contributed by atoms with Crippen LogP contribution in [0.5, 0.6) is 5.75 Å². The maximum Gasteiger partial charge on any atom is 0.318 e. The van der Waals surface area contributed by atoms with Crippen LogP contribution in [0.3, 0.4) is 0 Å². The minimum Gasteiger partial charge on any atom is -0.497 e. The monoisotopic (exact) mass is 464 g/mol. The number of H-pyrrole nitrogens is 1. The van der Waals surface area contributed by atoms with Crippen LogP contribution in [0.25, 0.3) is 10.9 Å². The van der Waals surface area contributed by atoms with E-state index in [9.17, 15) is 14.7 Å². The lowest BCUT2D eigenvalue weighted by Gasteiger charge is -2.55. The summed E-state index contributed by atoms with van der Waals surface area (Å²) in [7, 11) is 1.61. The van der Waals surface area contributed by atoms with E-state index in [1.165, 1.54) is 18.6 Å². The Morgan fingerprint density at radius 1 is 1.29 bits per heavy atom. The first-order chi connectivity index (χ1) is 16.4. The van der Waals surface area contributed by atoms with Crippen LogP contribution < -0.4 is 10.1 Å². The largest absolute Gasteiger partial charge is 0.497 e. The van der Waals surface area contributed by atoms with Gasteiger partial charge in [-0.1, -0.05) is 0 Å². The second-order valence-corrected chi connectivity index (χ2v) is 9.29.